The second-order valence-corrected chi connectivity index (χ2v) is 4.53. The van der Waals surface area contributed by atoms with Gasteiger partial charge in [-0.15, -0.1) is 0 Å². The van der Waals surface area contributed by atoms with Crippen molar-refractivity contribution in [1.29, 1.82) is 0 Å². The van der Waals surface area contributed by atoms with Gasteiger partial charge in [-0.3, -0.25) is 4.90 Å². The monoisotopic (exact) mass is 189 g/mol. The molecule has 0 bridgehead atoms. The molecule has 0 spiro atoms. The first-order valence-electron chi connectivity index (χ1n) is 4.65. The van der Waals surface area contributed by atoms with E-state index >= 15 is 0 Å². The summed E-state index contributed by atoms with van der Waals surface area (Å²) in [5.74, 6) is 0.611. The van der Waals surface area contributed by atoms with E-state index in [4.69, 9.17) is 4.74 Å². The van der Waals surface area contributed by atoms with Gasteiger partial charge >= 0.3 is 0 Å². The molecule has 1 aliphatic heterocycles. The Labute approximate surface area is 80.7 Å². The second kappa shape index (κ2) is 4.49. The number of hydrogen-bond acceptors (Lipinski definition) is 3. The molecule has 0 radical (unpaired) electrons. The lowest BCUT2D eigenvalue weighted by atomic mass is 10.1. The lowest BCUT2D eigenvalue weighted by Crippen LogP contribution is -2.46. The summed E-state index contributed by atoms with van der Waals surface area (Å²) < 4.78 is 5.64. The molecule has 0 aliphatic carbocycles. The number of nitrogens with zero attached hydrogens (tertiary/aromatic N) is 1. The average molecular weight is 189 g/mol. The standard InChI is InChI=1S/C9H19NOS/c1-7(2)9-6-10(8(3)12)4-5-11-9/h7-9,12H,4-6H2,1-3H3. The topological polar surface area (TPSA) is 12.5 Å². The molecule has 72 valence electrons. The molecule has 1 fully saturated rings. The molecule has 1 rings (SSSR count). The van der Waals surface area contributed by atoms with Crippen LogP contribution in [-0.4, -0.2) is 36.1 Å². The molecular formula is C9H19NOS. The van der Waals surface area contributed by atoms with Crippen molar-refractivity contribution in [2.75, 3.05) is 19.7 Å². The lowest BCUT2D eigenvalue weighted by Gasteiger charge is -2.36. The van der Waals surface area contributed by atoms with Gasteiger partial charge in [0, 0.05) is 13.1 Å². The van der Waals surface area contributed by atoms with E-state index in [-0.39, 0.29) is 0 Å². The molecular weight excluding hydrogens is 170 g/mol. The van der Waals surface area contributed by atoms with E-state index in [9.17, 15) is 0 Å². The molecule has 1 aliphatic rings. The molecule has 1 heterocycles. The average Bonchev–Trinajstić information content (AvgIpc) is 2.04. The summed E-state index contributed by atoms with van der Waals surface area (Å²) in [6, 6.07) is 0. The molecule has 2 atom stereocenters. The number of hydrogen-bond donors (Lipinski definition) is 1. The van der Waals surface area contributed by atoms with Gasteiger partial charge in [-0.05, 0) is 12.8 Å². The normalized spacial score (nSPS) is 29.2. The summed E-state index contributed by atoms with van der Waals surface area (Å²) in [6.07, 6.45) is 0.397. The first-order chi connectivity index (χ1) is 5.61. The van der Waals surface area contributed by atoms with E-state index in [1.54, 1.807) is 0 Å². The molecule has 0 aromatic rings. The van der Waals surface area contributed by atoms with E-state index in [0.29, 0.717) is 17.4 Å². The Balaban J connectivity index is 2.40. The van der Waals surface area contributed by atoms with Gasteiger partial charge in [0.05, 0.1) is 18.1 Å². The minimum Gasteiger partial charge on any atom is -0.375 e. The van der Waals surface area contributed by atoms with Crippen LogP contribution in [0.3, 0.4) is 0 Å². The lowest BCUT2D eigenvalue weighted by molar-refractivity contribution is -0.0520. The fourth-order valence-corrected chi connectivity index (χ4v) is 1.65. The van der Waals surface area contributed by atoms with Gasteiger partial charge in [-0.1, -0.05) is 13.8 Å². The van der Waals surface area contributed by atoms with Crippen LogP contribution in [0.1, 0.15) is 20.8 Å². The van der Waals surface area contributed by atoms with Crippen LogP contribution in [0.15, 0.2) is 0 Å². The van der Waals surface area contributed by atoms with Gasteiger partial charge in [0.25, 0.3) is 0 Å². The van der Waals surface area contributed by atoms with Crippen molar-refractivity contribution in [1.82, 2.24) is 4.90 Å². The summed E-state index contributed by atoms with van der Waals surface area (Å²) >= 11 is 4.42. The zero-order valence-corrected chi connectivity index (χ0v) is 9.05. The van der Waals surface area contributed by atoms with E-state index in [1.807, 2.05) is 0 Å². The fraction of sp³-hybridized carbons (Fsp3) is 1.00. The highest BCUT2D eigenvalue weighted by Crippen LogP contribution is 2.16. The largest absolute Gasteiger partial charge is 0.375 e. The molecule has 2 unspecified atom stereocenters. The Bertz CT molecular complexity index is 124. The quantitative estimate of drug-likeness (QED) is 0.663. The van der Waals surface area contributed by atoms with Crippen molar-refractivity contribution in [3.8, 4) is 0 Å². The van der Waals surface area contributed by atoms with Crippen LogP contribution in [-0.2, 0) is 4.74 Å². The summed E-state index contributed by atoms with van der Waals surface area (Å²) in [4.78, 5) is 2.36. The first kappa shape index (κ1) is 10.4. The van der Waals surface area contributed by atoms with Crippen LogP contribution in [0.2, 0.25) is 0 Å². The van der Waals surface area contributed by atoms with Crippen molar-refractivity contribution >= 4 is 12.6 Å². The molecule has 0 N–H and O–H groups in total. The van der Waals surface area contributed by atoms with Gasteiger partial charge < -0.3 is 4.74 Å². The third-order valence-corrected chi connectivity index (χ3v) is 2.72. The van der Waals surface area contributed by atoms with Gasteiger partial charge in [0.15, 0.2) is 0 Å². The Morgan fingerprint density at radius 2 is 2.08 bits per heavy atom. The van der Waals surface area contributed by atoms with Crippen LogP contribution >= 0.6 is 12.6 Å². The highest BCUT2D eigenvalue weighted by Gasteiger charge is 2.24. The Morgan fingerprint density at radius 3 is 2.58 bits per heavy atom. The fourth-order valence-electron chi connectivity index (χ4n) is 1.44. The van der Waals surface area contributed by atoms with Crippen LogP contribution in [0.5, 0.6) is 0 Å². The zero-order chi connectivity index (χ0) is 9.14. The van der Waals surface area contributed by atoms with E-state index in [0.717, 1.165) is 19.7 Å². The molecule has 2 nitrogen and oxygen atoms in total. The van der Waals surface area contributed by atoms with Gasteiger partial charge in [0.1, 0.15) is 0 Å². The molecule has 0 saturated carbocycles. The van der Waals surface area contributed by atoms with E-state index < -0.39 is 0 Å². The van der Waals surface area contributed by atoms with Gasteiger partial charge in [-0.2, -0.15) is 12.6 Å². The number of thiol groups is 1. The maximum atomic E-state index is 5.64. The number of morpholine rings is 1. The van der Waals surface area contributed by atoms with Crippen LogP contribution in [0, 0.1) is 5.92 Å². The SMILES string of the molecule is CC(C)C1CN(C(C)S)CCO1. The van der Waals surface area contributed by atoms with Gasteiger partial charge in [-0.25, -0.2) is 0 Å². The number of rotatable bonds is 2. The Hall–Kier alpha value is 0.270. The third kappa shape index (κ3) is 2.64. The minimum absolute atomic E-state index is 0.357. The Kier molecular flexibility index (Phi) is 3.87. The molecule has 0 amide bonds. The Morgan fingerprint density at radius 1 is 1.42 bits per heavy atom. The van der Waals surface area contributed by atoms with E-state index in [2.05, 4.69) is 38.3 Å². The van der Waals surface area contributed by atoms with Gasteiger partial charge in [0.2, 0.25) is 0 Å². The predicted molar refractivity (Wildman–Crippen MR) is 54.6 cm³/mol. The third-order valence-electron chi connectivity index (χ3n) is 2.40. The van der Waals surface area contributed by atoms with Crippen LogP contribution in [0.4, 0.5) is 0 Å². The second-order valence-electron chi connectivity index (χ2n) is 3.78. The highest BCUT2D eigenvalue weighted by molar-refractivity contribution is 7.80. The minimum atomic E-state index is 0.357. The van der Waals surface area contributed by atoms with E-state index in [1.165, 1.54) is 0 Å². The molecule has 1 saturated heterocycles. The summed E-state index contributed by atoms with van der Waals surface area (Å²) in [5.41, 5.74) is 0. The highest BCUT2D eigenvalue weighted by atomic mass is 32.1. The molecule has 0 aromatic heterocycles. The van der Waals surface area contributed by atoms with Crippen molar-refractivity contribution in [2.24, 2.45) is 5.92 Å². The smallest absolute Gasteiger partial charge is 0.0725 e. The predicted octanol–water partition coefficient (Wildman–Crippen LogP) is 1.62. The summed E-state index contributed by atoms with van der Waals surface area (Å²) in [5, 5.41) is 0.357. The molecule has 3 heteroatoms. The molecule has 0 aromatic carbocycles. The van der Waals surface area contributed by atoms with Crippen molar-refractivity contribution in [3.05, 3.63) is 0 Å². The summed E-state index contributed by atoms with van der Waals surface area (Å²) in [6.45, 7) is 9.44. The maximum Gasteiger partial charge on any atom is 0.0725 e. The maximum absolute atomic E-state index is 5.64. The van der Waals surface area contributed by atoms with Crippen LogP contribution < -0.4 is 0 Å². The first-order valence-corrected chi connectivity index (χ1v) is 5.16. The van der Waals surface area contributed by atoms with Crippen molar-refractivity contribution in [3.63, 3.8) is 0 Å². The van der Waals surface area contributed by atoms with Crippen molar-refractivity contribution in [2.45, 2.75) is 32.2 Å². The van der Waals surface area contributed by atoms with Crippen LogP contribution in [0.25, 0.3) is 0 Å². The number of ether oxygens (including phenoxy) is 1. The van der Waals surface area contributed by atoms with Crippen molar-refractivity contribution < 1.29 is 4.74 Å². The molecule has 12 heavy (non-hydrogen) atoms. The zero-order valence-electron chi connectivity index (χ0n) is 8.16. The summed E-state index contributed by atoms with van der Waals surface area (Å²) in [7, 11) is 0.